The average molecular weight is 451 g/mol. The van der Waals surface area contributed by atoms with Crippen LogP contribution in [0, 0.1) is 0 Å². The van der Waals surface area contributed by atoms with Gasteiger partial charge in [-0.3, -0.25) is 4.79 Å². The number of aliphatic carboxylic acids is 1. The van der Waals surface area contributed by atoms with Gasteiger partial charge in [0.1, 0.15) is 5.76 Å². The molecule has 1 amide bonds. The van der Waals surface area contributed by atoms with Crippen LogP contribution in [0.25, 0.3) is 11.3 Å². The van der Waals surface area contributed by atoms with Crippen molar-refractivity contribution in [1.82, 2.24) is 5.32 Å². The molecule has 9 nitrogen and oxygen atoms in total. The molecule has 0 aliphatic heterocycles. The van der Waals surface area contributed by atoms with Crippen molar-refractivity contribution in [2.24, 2.45) is 0 Å². The number of rotatable bonds is 8. The maximum atomic E-state index is 12.3. The van der Waals surface area contributed by atoms with Gasteiger partial charge in [0.2, 0.25) is 0 Å². The van der Waals surface area contributed by atoms with E-state index in [9.17, 15) is 14.7 Å². The van der Waals surface area contributed by atoms with Crippen LogP contribution >= 0.6 is 0 Å². The Kier molecular flexibility index (Phi) is 11.8. The van der Waals surface area contributed by atoms with Crippen LogP contribution < -0.4 is 5.32 Å². The SMILES string of the molecule is O=C(NC(COCc1ccccc1)C(=O)O)c1ccc(-c2ccccc2)o1.O=C(O)O.[NaH]. The molecule has 1 heterocycles. The number of carboxylic acid groups (broad SMARTS) is 3. The van der Waals surface area contributed by atoms with Gasteiger partial charge < -0.3 is 29.8 Å². The number of furan rings is 1. The summed E-state index contributed by atoms with van der Waals surface area (Å²) in [5.41, 5.74) is 1.75. The van der Waals surface area contributed by atoms with E-state index in [-0.39, 0.29) is 48.5 Å². The fourth-order valence-corrected chi connectivity index (χ4v) is 2.49. The quantitative estimate of drug-likeness (QED) is 0.382. The molecule has 0 aliphatic carbocycles. The molecule has 0 spiro atoms. The van der Waals surface area contributed by atoms with Crippen molar-refractivity contribution < 1.29 is 38.9 Å². The second kappa shape index (κ2) is 14.0. The Morgan fingerprint density at radius 1 is 0.875 bits per heavy atom. The van der Waals surface area contributed by atoms with E-state index in [2.05, 4.69) is 5.32 Å². The van der Waals surface area contributed by atoms with E-state index in [0.717, 1.165) is 11.1 Å². The first-order chi connectivity index (χ1) is 14.9. The van der Waals surface area contributed by atoms with E-state index in [1.165, 1.54) is 6.07 Å². The van der Waals surface area contributed by atoms with Crippen molar-refractivity contribution in [3.8, 4) is 11.3 Å². The second-order valence-electron chi connectivity index (χ2n) is 6.18. The van der Waals surface area contributed by atoms with Crippen molar-refractivity contribution in [3.05, 3.63) is 84.1 Å². The molecule has 0 saturated heterocycles. The number of amides is 1. The minimum atomic E-state index is -1.83. The summed E-state index contributed by atoms with van der Waals surface area (Å²) in [7, 11) is 0. The summed E-state index contributed by atoms with van der Waals surface area (Å²) in [5.74, 6) is -1.20. The van der Waals surface area contributed by atoms with Crippen LogP contribution in [0.2, 0.25) is 0 Å². The topological polar surface area (TPSA) is 146 Å². The van der Waals surface area contributed by atoms with Gasteiger partial charge in [0.25, 0.3) is 5.91 Å². The van der Waals surface area contributed by atoms with Gasteiger partial charge in [-0.05, 0) is 17.7 Å². The summed E-state index contributed by atoms with van der Waals surface area (Å²) in [5, 5.41) is 25.7. The fourth-order valence-electron chi connectivity index (χ4n) is 2.49. The van der Waals surface area contributed by atoms with E-state index in [1.54, 1.807) is 6.07 Å². The molecule has 10 heteroatoms. The van der Waals surface area contributed by atoms with Gasteiger partial charge in [0.05, 0.1) is 13.2 Å². The molecule has 32 heavy (non-hydrogen) atoms. The van der Waals surface area contributed by atoms with Gasteiger partial charge in [-0.25, -0.2) is 9.59 Å². The van der Waals surface area contributed by atoms with Gasteiger partial charge in [-0.2, -0.15) is 0 Å². The number of nitrogens with one attached hydrogen (secondary N) is 1. The molecule has 2 aromatic carbocycles. The van der Waals surface area contributed by atoms with Crippen molar-refractivity contribution >= 4 is 47.6 Å². The van der Waals surface area contributed by atoms with E-state index < -0.39 is 24.1 Å². The first kappa shape index (κ1) is 26.9. The molecule has 0 radical (unpaired) electrons. The molecule has 3 aromatic rings. The number of carbonyl (C=O) groups excluding carboxylic acids is 1. The molecule has 1 aromatic heterocycles. The van der Waals surface area contributed by atoms with E-state index in [1.807, 2.05) is 60.7 Å². The minimum absolute atomic E-state index is 0. The number of benzene rings is 2. The van der Waals surface area contributed by atoms with E-state index in [4.69, 9.17) is 24.2 Å². The van der Waals surface area contributed by atoms with Crippen LogP contribution in [-0.2, 0) is 16.1 Å². The zero-order chi connectivity index (χ0) is 22.6. The van der Waals surface area contributed by atoms with Crippen LogP contribution in [0.4, 0.5) is 4.79 Å². The number of carboxylic acids is 1. The molecular formula is C22H22NNaO8. The monoisotopic (exact) mass is 451 g/mol. The van der Waals surface area contributed by atoms with Gasteiger partial charge in [-0.15, -0.1) is 0 Å². The predicted molar refractivity (Wildman–Crippen MR) is 117 cm³/mol. The fraction of sp³-hybridized carbons (Fsp3) is 0.136. The first-order valence-electron chi connectivity index (χ1n) is 9.09. The van der Waals surface area contributed by atoms with Crippen LogP contribution in [0.3, 0.4) is 0 Å². The number of ether oxygens (including phenoxy) is 1. The van der Waals surface area contributed by atoms with Gasteiger partial charge in [-0.1, -0.05) is 60.7 Å². The summed E-state index contributed by atoms with van der Waals surface area (Å²) in [6.07, 6.45) is -1.83. The molecule has 4 N–H and O–H groups in total. The van der Waals surface area contributed by atoms with Crippen molar-refractivity contribution in [2.45, 2.75) is 12.6 Å². The van der Waals surface area contributed by atoms with Crippen LogP contribution in [0.15, 0.2) is 77.2 Å². The Bertz CT molecular complexity index is 987. The number of hydrogen-bond donors (Lipinski definition) is 4. The molecule has 3 rings (SSSR count). The van der Waals surface area contributed by atoms with Crippen LogP contribution in [-0.4, -0.2) is 75.6 Å². The summed E-state index contributed by atoms with van der Waals surface area (Å²) >= 11 is 0. The maximum absolute atomic E-state index is 12.3. The Labute approximate surface area is 205 Å². The Balaban J connectivity index is 0.000000945. The average Bonchev–Trinajstić information content (AvgIpc) is 3.24. The normalized spacial score (nSPS) is 10.6. The molecule has 1 atom stereocenters. The second-order valence-corrected chi connectivity index (χ2v) is 6.18. The first-order valence-corrected chi connectivity index (χ1v) is 9.09. The van der Waals surface area contributed by atoms with Gasteiger partial charge >= 0.3 is 41.7 Å². The van der Waals surface area contributed by atoms with Gasteiger partial charge in [0, 0.05) is 5.56 Å². The zero-order valence-corrected chi connectivity index (χ0v) is 16.3. The molecule has 0 saturated carbocycles. The van der Waals surface area contributed by atoms with Crippen molar-refractivity contribution in [1.29, 1.82) is 0 Å². The predicted octanol–water partition coefficient (Wildman–Crippen LogP) is 2.92. The van der Waals surface area contributed by atoms with Crippen molar-refractivity contribution in [3.63, 3.8) is 0 Å². The number of hydrogen-bond acceptors (Lipinski definition) is 5. The van der Waals surface area contributed by atoms with E-state index >= 15 is 0 Å². The molecule has 0 fully saturated rings. The van der Waals surface area contributed by atoms with Gasteiger partial charge in [0.15, 0.2) is 11.8 Å². The third-order valence-electron chi connectivity index (χ3n) is 3.89. The third kappa shape index (κ3) is 9.36. The van der Waals surface area contributed by atoms with Crippen LogP contribution in [0.5, 0.6) is 0 Å². The molecule has 0 aliphatic rings. The third-order valence-corrected chi connectivity index (χ3v) is 3.89. The summed E-state index contributed by atoms with van der Waals surface area (Å²) < 4.78 is 11.0. The molecular weight excluding hydrogens is 429 g/mol. The van der Waals surface area contributed by atoms with Crippen LogP contribution in [0.1, 0.15) is 16.1 Å². The standard InChI is InChI=1S/C21H19NO5.CH2O3.Na.H/c23-20(19-12-11-18(27-19)16-9-5-2-6-10-16)22-17(21(24)25)14-26-13-15-7-3-1-4-8-15;2-1(3)4;;/h1-12,17H,13-14H2,(H,22,23)(H,24,25);(H2,2,3,4);;. The molecule has 1 unspecified atom stereocenters. The Morgan fingerprint density at radius 3 is 2.00 bits per heavy atom. The molecule has 164 valence electrons. The van der Waals surface area contributed by atoms with Crippen molar-refractivity contribution in [2.75, 3.05) is 6.61 Å². The molecule has 0 bridgehead atoms. The Morgan fingerprint density at radius 2 is 1.44 bits per heavy atom. The zero-order valence-electron chi connectivity index (χ0n) is 16.3. The summed E-state index contributed by atoms with van der Waals surface area (Å²) in [6.45, 7) is 0.113. The summed E-state index contributed by atoms with van der Waals surface area (Å²) in [4.78, 5) is 32.3. The van der Waals surface area contributed by atoms with E-state index in [0.29, 0.717) is 5.76 Å². The summed E-state index contributed by atoms with van der Waals surface area (Å²) in [6, 6.07) is 20.7. The Hall–Kier alpha value is -3.11. The number of carbonyl (C=O) groups is 3.